The predicted octanol–water partition coefficient (Wildman–Crippen LogP) is 1.94. The highest BCUT2D eigenvalue weighted by Crippen LogP contribution is 2.29. The van der Waals surface area contributed by atoms with Crippen molar-refractivity contribution in [1.29, 1.82) is 0 Å². The number of carbonyl (C=O) groups is 1. The molecule has 1 N–H and O–H groups in total. The van der Waals surface area contributed by atoms with Gasteiger partial charge in [0.25, 0.3) is 0 Å². The highest BCUT2D eigenvalue weighted by Gasteiger charge is 2.20. The van der Waals surface area contributed by atoms with E-state index in [9.17, 15) is 4.79 Å². The van der Waals surface area contributed by atoms with Crippen molar-refractivity contribution in [3.63, 3.8) is 0 Å². The Balaban J connectivity index is 2.42. The highest BCUT2D eigenvalue weighted by atomic mass is 16.2. The molecular formula is C12H14N2O. The molecule has 0 spiro atoms. The molecule has 0 bridgehead atoms. The zero-order chi connectivity index (χ0) is 10.8. The van der Waals surface area contributed by atoms with E-state index < -0.39 is 0 Å². The molecule has 0 unspecified atom stereocenters. The van der Waals surface area contributed by atoms with E-state index in [0.29, 0.717) is 13.1 Å². The van der Waals surface area contributed by atoms with Gasteiger partial charge in [0.15, 0.2) is 0 Å². The molecule has 1 aromatic carbocycles. The van der Waals surface area contributed by atoms with E-state index in [0.717, 1.165) is 11.4 Å². The summed E-state index contributed by atoms with van der Waals surface area (Å²) >= 11 is 0. The monoisotopic (exact) mass is 202 g/mol. The van der Waals surface area contributed by atoms with Gasteiger partial charge < -0.3 is 10.2 Å². The van der Waals surface area contributed by atoms with Crippen LogP contribution in [-0.4, -0.2) is 19.0 Å². The third-order valence-corrected chi connectivity index (χ3v) is 2.45. The molecule has 2 rings (SSSR count). The molecule has 3 nitrogen and oxygen atoms in total. The van der Waals surface area contributed by atoms with E-state index in [1.54, 1.807) is 0 Å². The van der Waals surface area contributed by atoms with Gasteiger partial charge in [-0.15, -0.1) is 6.58 Å². The van der Waals surface area contributed by atoms with Crippen LogP contribution in [0.1, 0.15) is 5.56 Å². The molecule has 0 saturated carbocycles. The maximum atomic E-state index is 11.4. The van der Waals surface area contributed by atoms with Gasteiger partial charge in [0.05, 0.1) is 17.9 Å². The van der Waals surface area contributed by atoms with Gasteiger partial charge in [-0.05, 0) is 24.6 Å². The summed E-state index contributed by atoms with van der Waals surface area (Å²) in [6.07, 6.45) is 1.81. The smallest absolute Gasteiger partial charge is 0.243 e. The molecule has 1 aliphatic rings. The van der Waals surface area contributed by atoms with Crippen LogP contribution in [0.25, 0.3) is 0 Å². The van der Waals surface area contributed by atoms with Crippen molar-refractivity contribution in [2.75, 3.05) is 23.3 Å². The summed E-state index contributed by atoms with van der Waals surface area (Å²) in [4.78, 5) is 13.4. The Hall–Kier alpha value is -1.77. The Morgan fingerprint density at radius 2 is 2.40 bits per heavy atom. The van der Waals surface area contributed by atoms with Crippen LogP contribution in [0.5, 0.6) is 0 Å². The number of carbonyl (C=O) groups excluding carboxylic acids is 1. The standard InChI is InChI=1S/C12H14N2O/c1-3-6-14-8-12(15)13-10-5-4-9(2)7-11(10)14/h3-5,7H,1,6,8H2,2H3,(H,13,15). The molecule has 78 valence electrons. The van der Waals surface area contributed by atoms with E-state index in [-0.39, 0.29) is 5.91 Å². The lowest BCUT2D eigenvalue weighted by molar-refractivity contribution is -0.115. The van der Waals surface area contributed by atoms with Gasteiger partial charge in [-0.25, -0.2) is 0 Å². The second kappa shape index (κ2) is 3.77. The van der Waals surface area contributed by atoms with Crippen LogP contribution in [0.3, 0.4) is 0 Å². The minimum absolute atomic E-state index is 0.0354. The number of hydrogen-bond acceptors (Lipinski definition) is 2. The van der Waals surface area contributed by atoms with Crippen LogP contribution >= 0.6 is 0 Å². The van der Waals surface area contributed by atoms with Crippen molar-refractivity contribution in [3.8, 4) is 0 Å². The van der Waals surface area contributed by atoms with Crippen molar-refractivity contribution in [3.05, 3.63) is 36.4 Å². The first-order valence-corrected chi connectivity index (χ1v) is 4.97. The minimum atomic E-state index is 0.0354. The van der Waals surface area contributed by atoms with Crippen molar-refractivity contribution >= 4 is 17.3 Å². The fourth-order valence-electron chi connectivity index (χ4n) is 1.78. The van der Waals surface area contributed by atoms with Gasteiger partial charge in [0.2, 0.25) is 5.91 Å². The fourth-order valence-corrected chi connectivity index (χ4v) is 1.78. The first kappa shape index (κ1) is 9.77. The van der Waals surface area contributed by atoms with E-state index in [2.05, 4.69) is 18.0 Å². The van der Waals surface area contributed by atoms with E-state index in [1.807, 2.05) is 30.0 Å². The molecule has 0 atom stereocenters. The summed E-state index contributed by atoms with van der Waals surface area (Å²) in [6.45, 7) is 6.85. The van der Waals surface area contributed by atoms with Crippen LogP contribution < -0.4 is 10.2 Å². The average Bonchev–Trinajstić information content (AvgIpc) is 2.19. The van der Waals surface area contributed by atoms with Crippen molar-refractivity contribution in [2.24, 2.45) is 0 Å². The Labute approximate surface area is 89.4 Å². The quantitative estimate of drug-likeness (QED) is 0.743. The van der Waals surface area contributed by atoms with Crippen LogP contribution in [-0.2, 0) is 4.79 Å². The van der Waals surface area contributed by atoms with Crippen molar-refractivity contribution in [1.82, 2.24) is 0 Å². The summed E-state index contributed by atoms with van der Waals surface area (Å²) in [6, 6.07) is 6.02. The Morgan fingerprint density at radius 3 is 3.13 bits per heavy atom. The zero-order valence-corrected chi connectivity index (χ0v) is 8.79. The SMILES string of the molecule is C=CCN1CC(=O)Nc2ccc(C)cc21. The molecule has 0 aliphatic carbocycles. The Morgan fingerprint density at radius 1 is 1.60 bits per heavy atom. The largest absolute Gasteiger partial charge is 0.357 e. The number of nitrogens with one attached hydrogen (secondary N) is 1. The Bertz CT molecular complexity index is 412. The molecule has 0 radical (unpaired) electrons. The molecule has 0 saturated heterocycles. The van der Waals surface area contributed by atoms with E-state index >= 15 is 0 Å². The molecule has 1 heterocycles. The van der Waals surface area contributed by atoms with E-state index in [1.165, 1.54) is 5.56 Å². The summed E-state index contributed by atoms with van der Waals surface area (Å²) in [7, 11) is 0. The van der Waals surface area contributed by atoms with Gasteiger partial charge in [-0.2, -0.15) is 0 Å². The molecule has 3 heteroatoms. The third-order valence-electron chi connectivity index (χ3n) is 2.45. The molecule has 0 aromatic heterocycles. The zero-order valence-electron chi connectivity index (χ0n) is 8.79. The lowest BCUT2D eigenvalue weighted by atomic mass is 10.1. The maximum Gasteiger partial charge on any atom is 0.243 e. The fraction of sp³-hybridized carbons (Fsp3) is 0.250. The van der Waals surface area contributed by atoms with Crippen molar-refractivity contribution < 1.29 is 4.79 Å². The lowest BCUT2D eigenvalue weighted by Gasteiger charge is -2.30. The van der Waals surface area contributed by atoms with Crippen molar-refractivity contribution in [2.45, 2.75) is 6.92 Å². The predicted molar refractivity (Wildman–Crippen MR) is 62.2 cm³/mol. The third kappa shape index (κ3) is 1.86. The lowest BCUT2D eigenvalue weighted by Crippen LogP contribution is -2.38. The van der Waals surface area contributed by atoms with Gasteiger partial charge >= 0.3 is 0 Å². The Kier molecular flexibility index (Phi) is 2.46. The summed E-state index contributed by atoms with van der Waals surface area (Å²) in [5.74, 6) is 0.0354. The van der Waals surface area contributed by atoms with E-state index in [4.69, 9.17) is 0 Å². The van der Waals surface area contributed by atoms with Gasteiger partial charge in [0, 0.05) is 6.54 Å². The molecule has 15 heavy (non-hydrogen) atoms. The number of nitrogens with zero attached hydrogens (tertiary/aromatic N) is 1. The number of benzene rings is 1. The first-order chi connectivity index (χ1) is 7.20. The second-order valence-corrected chi connectivity index (χ2v) is 3.74. The van der Waals surface area contributed by atoms with Crippen LogP contribution in [0, 0.1) is 6.92 Å². The number of amides is 1. The second-order valence-electron chi connectivity index (χ2n) is 3.74. The molecule has 0 fully saturated rings. The summed E-state index contributed by atoms with van der Waals surface area (Å²) in [5.41, 5.74) is 3.16. The highest BCUT2D eigenvalue weighted by molar-refractivity contribution is 6.01. The summed E-state index contributed by atoms with van der Waals surface area (Å²) < 4.78 is 0. The van der Waals surface area contributed by atoms with Crippen LogP contribution in [0.2, 0.25) is 0 Å². The van der Waals surface area contributed by atoms with Gasteiger partial charge in [0.1, 0.15) is 0 Å². The van der Waals surface area contributed by atoms with Crippen LogP contribution in [0.15, 0.2) is 30.9 Å². The molecule has 1 amide bonds. The summed E-state index contributed by atoms with van der Waals surface area (Å²) in [5, 5.41) is 2.86. The van der Waals surface area contributed by atoms with Crippen LogP contribution in [0.4, 0.5) is 11.4 Å². The normalized spacial score (nSPS) is 14.5. The molecule has 1 aliphatic heterocycles. The molecule has 1 aromatic rings. The minimum Gasteiger partial charge on any atom is -0.357 e. The number of aryl methyl sites for hydroxylation is 1. The number of hydrogen-bond donors (Lipinski definition) is 1. The average molecular weight is 202 g/mol. The number of fused-ring (bicyclic) bond motifs is 1. The van der Waals surface area contributed by atoms with Gasteiger partial charge in [-0.1, -0.05) is 12.1 Å². The molecular weight excluding hydrogens is 188 g/mol. The first-order valence-electron chi connectivity index (χ1n) is 4.97. The maximum absolute atomic E-state index is 11.4. The topological polar surface area (TPSA) is 32.3 Å². The number of rotatable bonds is 2. The van der Waals surface area contributed by atoms with Gasteiger partial charge in [-0.3, -0.25) is 4.79 Å². The number of anilines is 2.